The maximum absolute atomic E-state index is 6.01. The van der Waals surface area contributed by atoms with Crippen molar-refractivity contribution in [2.75, 3.05) is 13.2 Å². The van der Waals surface area contributed by atoms with E-state index in [-0.39, 0.29) is 5.41 Å². The number of aromatic nitrogens is 3. The van der Waals surface area contributed by atoms with Crippen LogP contribution in [0, 0.1) is 12.3 Å². The van der Waals surface area contributed by atoms with Crippen LogP contribution >= 0.6 is 0 Å². The zero-order valence-electron chi connectivity index (χ0n) is 18.0. The monoisotopic (exact) mass is 378 g/mol. The number of rotatable bonds is 10. The smallest absolute Gasteiger partial charge is 0.191 e. The number of guanidine groups is 1. The third-order valence-electron chi connectivity index (χ3n) is 6.16. The molecule has 2 unspecified atom stereocenters. The van der Waals surface area contributed by atoms with E-state index in [9.17, 15) is 0 Å². The predicted octanol–water partition coefficient (Wildman–Crippen LogP) is 2.94. The normalized spacial score (nSPS) is 21.8. The number of unbranched alkanes of at least 4 members (excludes halogenated alkanes) is 1. The van der Waals surface area contributed by atoms with E-state index in [4.69, 9.17) is 9.73 Å². The van der Waals surface area contributed by atoms with Crippen LogP contribution in [0.4, 0.5) is 0 Å². The summed E-state index contributed by atoms with van der Waals surface area (Å²) >= 11 is 0. The molecule has 0 saturated heterocycles. The Balaban J connectivity index is 2.09. The second-order valence-electron chi connectivity index (χ2n) is 7.48. The van der Waals surface area contributed by atoms with Crippen LogP contribution in [-0.4, -0.2) is 46.0 Å². The molecule has 27 heavy (non-hydrogen) atoms. The molecule has 0 spiro atoms. The summed E-state index contributed by atoms with van der Waals surface area (Å²) < 4.78 is 8.00. The van der Waals surface area contributed by atoms with Crippen LogP contribution in [0.25, 0.3) is 0 Å². The highest BCUT2D eigenvalue weighted by Crippen LogP contribution is 2.48. The van der Waals surface area contributed by atoms with Crippen molar-refractivity contribution in [3.05, 3.63) is 11.6 Å². The maximum atomic E-state index is 6.01. The van der Waals surface area contributed by atoms with Gasteiger partial charge in [-0.2, -0.15) is 0 Å². The van der Waals surface area contributed by atoms with Crippen molar-refractivity contribution < 1.29 is 4.74 Å². The van der Waals surface area contributed by atoms with Gasteiger partial charge in [0.25, 0.3) is 0 Å². The average molecular weight is 379 g/mol. The van der Waals surface area contributed by atoms with E-state index < -0.39 is 0 Å². The van der Waals surface area contributed by atoms with Gasteiger partial charge in [0.05, 0.1) is 6.10 Å². The maximum Gasteiger partial charge on any atom is 0.191 e. The first-order valence-corrected chi connectivity index (χ1v) is 10.5. The van der Waals surface area contributed by atoms with Gasteiger partial charge in [-0.05, 0) is 39.5 Å². The molecule has 2 atom stereocenters. The second-order valence-corrected chi connectivity index (χ2v) is 7.48. The molecule has 154 valence electrons. The molecule has 1 heterocycles. The van der Waals surface area contributed by atoms with Crippen LogP contribution < -0.4 is 10.6 Å². The largest absolute Gasteiger partial charge is 0.378 e. The lowest BCUT2D eigenvalue weighted by atomic mass is 9.58. The first-order chi connectivity index (χ1) is 13.0. The van der Waals surface area contributed by atoms with E-state index in [1.54, 1.807) is 0 Å². The standard InChI is InChI=1S/C20H38N6O/c1-7-11-12-21-19(22-14-18-25-24-15(5)26(18)6)23-16-13-17(27-10-4)20(16,8-2)9-3/h16-17H,7-14H2,1-6H3,(H2,21,22,23). The summed E-state index contributed by atoms with van der Waals surface area (Å²) in [4.78, 5) is 4.80. The van der Waals surface area contributed by atoms with Gasteiger partial charge in [-0.25, -0.2) is 4.99 Å². The molecule has 1 aromatic heterocycles. The van der Waals surface area contributed by atoms with Gasteiger partial charge in [0, 0.05) is 31.7 Å². The van der Waals surface area contributed by atoms with Crippen LogP contribution in [-0.2, 0) is 18.3 Å². The minimum absolute atomic E-state index is 0.185. The molecule has 2 rings (SSSR count). The van der Waals surface area contributed by atoms with Crippen molar-refractivity contribution in [2.24, 2.45) is 17.5 Å². The Labute approximate surface area is 164 Å². The molecule has 0 amide bonds. The third-order valence-corrected chi connectivity index (χ3v) is 6.16. The lowest BCUT2D eigenvalue weighted by molar-refractivity contribution is -0.133. The Morgan fingerprint density at radius 2 is 2.00 bits per heavy atom. The Morgan fingerprint density at radius 3 is 2.56 bits per heavy atom. The topological polar surface area (TPSA) is 76.4 Å². The fourth-order valence-corrected chi connectivity index (χ4v) is 4.02. The van der Waals surface area contributed by atoms with Crippen LogP contribution in [0.1, 0.15) is 71.4 Å². The Hall–Kier alpha value is -1.63. The summed E-state index contributed by atoms with van der Waals surface area (Å²) in [6.07, 6.45) is 5.88. The number of ether oxygens (including phenoxy) is 1. The molecule has 0 bridgehead atoms. The zero-order valence-corrected chi connectivity index (χ0v) is 18.0. The van der Waals surface area contributed by atoms with Crippen LogP contribution in [0.5, 0.6) is 0 Å². The summed E-state index contributed by atoms with van der Waals surface area (Å²) in [5.41, 5.74) is 0.185. The van der Waals surface area contributed by atoms with Crippen molar-refractivity contribution in [1.82, 2.24) is 25.4 Å². The molecule has 0 aliphatic heterocycles. The van der Waals surface area contributed by atoms with Crippen LogP contribution in [0.2, 0.25) is 0 Å². The number of hydrogen-bond acceptors (Lipinski definition) is 4. The fraction of sp³-hybridized carbons (Fsp3) is 0.850. The van der Waals surface area contributed by atoms with Crippen LogP contribution in [0.15, 0.2) is 4.99 Å². The van der Waals surface area contributed by atoms with Gasteiger partial charge in [0.15, 0.2) is 11.8 Å². The highest BCUT2D eigenvalue weighted by molar-refractivity contribution is 5.80. The first kappa shape index (κ1) is 21.7. The molecule has 1 aliphatic carbocycles. The minimum atomic E-state index is 0.185. The molecule has 1 aliphatic rings. The SMILES string of the molecule is CCCCNC(=NCc1nnc(C)n1C)NC1CC(OCC)C1(CC)CC. The van der Waals surface area contributed by atoms with Crippen molar-refractivity contribution in [1.29, 1.82) is 0 Å². The summed E-state index contributed by atoms with van der Waals surface area (Å²) in [7, 11) is 1.98. The highest BCUT2D eigenvalue weighted by Gasteiger charge is 2.53. The van der Waals surface area contributed by atoms with Gasteiger partial charge in [-0.3, -0.25) is 0 Å². The van der Waals surface area contributed by atoms with E-state index in [0.717, 1.165) is 62.9 Å². The summed E-state index contributed by atoms with van der Waals surface area (Å²) in [5, 5.41) is 15.5. The molecular weight excluding hydrogens is 340 g/mol. The van der Waals surface area contributed by atoms with Gasteiger partial charge in [-0.1, -0.05) is 27.2 Å². The Morgan fingerprint density at radius 1 is 1.26 bits per heavy atom. The van der Waals surface area contributed by atoms with Gasteiger partial charge in [0.2, 0.25) is 0 Å². The minimum Gasteiger partial charge on any atom is -0.378 e. The second kappa shape index (κ2) is 10.1. The van der Waals surface area contributed by atoms with Crippen molar-refractivity contribution in [3.8, 4) is 0 Å². The third kappa shape index (κ3) is 4.81. The fourth-order valence-electron chi connectivity index (χ4n) is 4.02. The molecular formula is C20H38N6O. The summed E-state index contributed by atoms with van der Waals surface area (Å²) in [5.74, 6) is 2.65. The van der Waals surface area contributed by atoms with E-state index in [2.05, 4.69) is 48.5 Å². The van der Waals surface area contributed by atoms with E-state index in [0.29, 0.717) is 18.7 Å². The summed E-state index contributed by atoms with van der Waals surface area (Å²) in [6, 6.07) is 0.387. The molecule has 0 radical (unpaired) electrons. The Bertz CT molecular complexity index is 608. The van der Waals surface area contributed by atoms with Crippen molar-refractivity contribution in [2.45, 2.75) is 85.4 Å². The van der Waals surface area contributed by atoms with Gasteiger partial charge in [-0.15, -0.1) is 10.2 Å². The highest BCUT2D eigenvalue weighted by atomic mass is 16.5. The van der Waals surface area contributed by atoms with Crippen molar-refractivity contribution >= 4 is 5.96 Å². The van der Waals surface area contributed by atoms with Gasteiger partial charge >= 0.3 is 0 Å². The number of hydrogen-bond donors (Lipinski definition) is 2. The Kier molecular flexibility index (Phi) is 8.07. The average Bonchev–Trinajstić information content (AvgIpc) is 2.98. The lowest BCUT2D eigenvalue weighted by Gasteiger charge is -2.55. The molecule has 0 aromatic carbocycles. The van der Waals surface area contributed by atoms with Gasteiger partial charge in [0.1, 0.15) is 12.4 Å². The first-order valence-electron chi connectivity index (χ1n) is 10.5. The molecule has 1 saturated carbocycles. The molecule has 1 fully saturated rings. The number of aryl methyl sites for hydroxylation is 1. The zero-order chi connectivity index (χ0) is 19.9. The molecule has 7 heteroatoms. The predicted molar refractivity (Wildman–Crippen MR) is 110 cm³/mol. The van der Waals surface area contributed by atoms with E-state index in [1.165, 1.54) is 0 Å². The van der Waals surface area contributed by atoms with E-state index >= 15 is 0 Å². The summed E-state index contributed by atoms with van der Waals surface area (Å²) in [6.45, 7) is 13.0. The molecule has 2 N–H and O–H groups in total. The quantitative estimate of drug-likeness (QED) is 0.372. The van der Waals surface area contributed by atoms with Crippen LogP contribution in [0.3, 0.4) is 0 Å². The van der Waals surface area contributed by atoms with E-state index in [1.807, 2.05) is 18.5 Å². The molecule has 7 nitrogen and oxygen atoms in total. The number of nitrogens with one attached hydrogen (secondary N) is 2. The lowest BCUT2D eigenvalue weighted by Crippen LogP contribution is -2.65. The van der Waals surface area contributed by atoms with Gasteiger partial charge < -0.3 is 19.9 Å². The number of nitrogens with zero attached hydrogens (tertiary/aromatic N) is 4. The van der Waals surface area contributed by atoms with Crippen molar-refractivity contribution in [3.63, 3.8) is 0 Å². The number of aliphatic imine (C=N–C) groups is 1. The molecule has 1 aromatic rings.